The standard InChI is InChI=1S/C37H37Cl3FN9O/c1-37(2,3)49-13-11-25(12-14-49)50-20-30(46-47-50)34(21-7-6-8-22(15-21)36(51)48(4)5)44-24-16-26-33(23(18-42)19-43-35(26)28(39)17-24)45-29-10-9-27(38)31(40)32(29)41/h6-10,15-17,19-20,25,34,44H,11-14H2,1-5H3,(H,43,45)/t34-/m0/s1. The predicted octanol–water partition coefficient (Wildman–Crippen LogP) is 8.88. The number of nitrogens with one attached hydrogen (secondary N) is 2. The van der Waals surface area contributed by atoms with Crippen molar-refractivity contribution in [1.29, 1.82) is 5.26 Å². The number of carbonyl (C=O) groups is 1. The van der Waals surface area contributed by atoms with E-state index < -0.39 is 11.9 Å². The van der Waals surface area contributed by atoms with Gasteiger partial charge in [0.2, 0.25) is 0 Å². The second kappa shape index (κ2) is 14.6. The van der Waals surface area contributed by atoms with E-state index in [1.54, 1.807) is 32.3 Å². The number of fused-ring (bicyclic) bond motifs is 1. The smallest absolute Gasteiger partial charge is 0.253 e. The van der Waals surface area contributed by atoms with Crippen LogP contribution in [-0.2, 0) is 0 Å². The fourth-order valence-corrected chi connectivity index (χ4v) is 6.90. The summed E-state index contributed by atoms with van der Waals surface area (Å²) in [6.07, 6.45) is 5.20. The van der Waals surface area contributed by atoms with Crippen LogP contribution in [0.3, 0.4) is 0 Å². The molecule has 3 aromatic carbocycles. The van der Waals surface area contributed by atoms with E-state index in [1.807, 2.05) is 29.1 Å². The largest absolute Gasteiger partial charge is 0.373 e. The van der Waals surface area contributed by atoms with Gasteiger partial charge in [0.25, 0.3) is 5.91 Å². The molecule has 0 aliphatic carbocycles. The van der Waals surface area contributed by atoms with Crippen molar-refractivity contribution in [2.45, 2.75) is 51.2 Å². The van der Waals surface area contributed by atoms with Gasteiger partial charge in [-0.3, -0.25) is 14.7 Å². The molecule has 2 N–H and O–H groups in total. The van der Waals surface area contributed by atoms with E-state index in [0.717, 1.165) is 31.5 Å². The molecule has 1 saturated heterocycles. The van der Waals surface area contributed by atoms with Crippen LogP contribution in [0.15, 0.2) is 60.9 Å². The minimum atomic E-state index is -0.766. The summed E-state index contributed by atoms with van der Waals surface area (Å²) in [6, 6.07) is 15.5. The summed E-state index contributed by atoms with van der Waals surface area (Å²) in [6.45, 7) is 8.60. The molecule has 10 nitrogen and oxygen atoms in total. The zero-order valence-electron chi connectivity index (χ0n) is 28.8. The van der Waals surface area contributed by atoms with Crippen LogP contribution in [0.5, 0.6) is 0 Å². The van der Waals surface area contributed by atoms with E-state index in [9.17, 15) is 10.1 Å². The number of pyridine rings is 1. The number of rotatable bonds is 8. The quantitative estimate of drug-likeness (QED) is 0.151. The van der Waals surface area contributed by atoms with Crippen molar-refractivity contribution in [3.05, 3.63) is 104 Å². The van der Waals surface area contributed by atoms with E-state index >= 15 is 4.39 Å². The van der Waals surface area contributed by atoms with Crippen LogP contribution in [0.25, 0.3) is 10.9 Å². The molecule has 6 rings (SSSR count). The molecule has 2 aromatic heterocycles. The van der Waals surface area contributed by atoms with E-state index in [2.05, 4.69) is 57.7 Å². The summed E-state index contributed by atoms with van der Waals surface area (Å²) in [5, 5.41) is 26.3. The van der Waals surface area contributed by atoms with Crippen LogP contribution in [0.4, 0.5) is 21.5 Å². The number of aromatic nitrogens is 4. The van der Waals surface area contributed by atoms with Crippen LogP contribution in [0.2, 0.25) is 15.1 Å². The zero-order valence-corrected chi connectivity index (χ0v) is 31.1. The molecule has 1 aliphatic heterocycles. The topological polar surface area (TPSA) is 115 Å². The van der Waals surface area contributed by atoms with Crippen LogP contribution in [0.1, 0.15) is 72.9 Å². The molecule has 0 bridgehead atoms. The van der Waals surface area contributed by atoms with Crippen LogP contribution >= 0.6 is 34.8 Å². The average molecular weight is 749 g/mol. The molecule has 0 saturated carbocycles. The third-order valence-corrected chi connectivity index (χ3v) is 10.2. The molecule has 51 heavy (non-hydrogen) atoms. The minimum Gasteiger partial charge on any atom is -0.373 e. The number of halogens is 4. The Balaban J connectivity index is 1.41. The first kappa shape index (κ1) is 36.3. The van der Waals surface area contributed by atoms with Crippen LogP contribution in [-0.4, -0.2) is 68.4 Å². The third-order valence-electron chi connectivity index (χ3n) is 9.14. The molecule has 1 amide bonds. The van der Waals surface area contributed by atoms with Crippen molar-refractivity contribution in [3.8, 4) is 6.07 Å². The SMILES string of the molecule is CN(C)C(=O)c1cccc([C@H](Nc2cc(Cl)c3ncc(C#N)c(Nc4ccc(Cl)c(Cl)c4F)c3c2)c2cn(C3CCN(C(C)(C)C)CC3)nn2)c1. The molecule has 1 fully saturated rings. The first-order chi connectivity index (χ1) is 24.2. The van der Waals surface area contributed by atoms with Gasteiger partial charge in [-0.25, -0.2) is 9.07 Å². The first-order valence-corrected chi connectivity index (χ1v) is 17.6. The molecular formula is C37H37Cl3FN9O. The molecule has 3 heterocycles. The Morgan fingerprint density at radius 1 is 1.08 bits per heavy atom. The maximum absolute atomic E-state index is 15.2. The average Bonchev–Trinajstić information content (AvgIpc) is 3.60. The molecule has 0 unspecified atom stereocenters. The Bertz CT molecular complexity index is 2150. The number of hydrogen-bond donors (Lipinski definition) is 2. The Labute approximate surface area is 311 Å². The van der Waals surface area contributed by atoms with E-state index in [1.165, 1.54) is 23.2 Å². The van der Waals surface area contributed by atoms with E-state index in [0.29, 0.717) is 32.9 Å². The van der Waals surface area contributed by atoms with Gasteiger partial charge in [0.1, 0.15) is 11.8 Å². The number of piperidine rings is 1. The summed E-state index contributed by atoms with van der Waals surface area (Å²) < 4.78 is 17.1. The van der Waals surface area contributed by atoms with Crippen LogP contribution < -0.4 is 10.6 Å². The van der Waals surface area contributed by atoms with Gasteiger partial charge in [0.15, 0.2) is 5.82 Å². The molecule has 14 heteroatoms. The fraction of sp³-hybridized carbons (Fsp3) is 0.324. The maximum atomic E-state index is 15.2. The zero-order chi connectivity index (χ0) is 36.6. The lowest BCUT2D eigenvalue weighted by Crippen LogP contribution is -2.46. The Hall–Kier alpha value is -4.47. The highest BCUT2D eigenvalue weighted by Gasteiger charge is 2.29. The summed E-state index contributed by atoms with van der Waals surface area (Å²) in [5.74, 6) is -0.906. The van der Waals surface area contributed by atoms with Crippen LogP contribution in [0, 0.1) is 17.1 Å². The monoisotopic (exact) mass is 747 g/mol. The van der Waals surface area contributed by atoms with Gasteiger partial charge >= 0.3 is 0 Å². The molecule has 1 aliphatic rings. The molecule has 0 radical (unpaired) electrons. The van der Waals surface area contributed by atoms with Gasteiger partial charge in [0.05, 0.1) is 55.8 Å². The number of nitriles is 1. The van der Waals surface area contributed by atoms with Crippen molar-refractivity contribution < 1.29 is 9.18 Å². The number of carbonyl (C=O) groups excluding carboxylic acids is 1. The Morgan fingerprint density at radius 2 is 1.82 bits per heavy atom. The van der Waals surface area contributed by atoms with E-state index in [-0.39, 0.29) is 44.5 Å². The van der Waals surface area contributed by atoms with Crippen molar-refractivity contribution >= 4 is 68.7 Å². The van der Waals surface area contributed by atoms with Crippen molar-refractivity contribution in [3.63, 3.8) is 0 Å². The lowest BCUT2D eigenvalue weighted by molar-refractivity contribution is 0.0827. The predicted molar refractivity (Wildman–Crippen MR) is 201 cm³/mol. The number of hydrogen-bond acceptors (Lipinski definition) is 8. The summed E-state index contributed by atoms with van der Waals surface area (Å²) in [7, 11) is 3.41. The van der Waals surface area contributed by atoms with Gasteiger partial charge in [-0.2, -0.15) is 5.26 Å². The number of likely N-dealkylation sites (tertiary alicyclic amines) is 1. The normalized spacial score (nSPS) is 14.7. The first-order valence-electron chi connectivity index (χ1n) is 16.4. The second-order valence-corrected chi connectivity index (χ2v) is 15.0. The molecule has 5 aromatic rings. The Morgan fingerprint density at radius 3 is 2.51 bits per heavy atom. The van der Waals surface area contributed by atoms with Gasteiger partial charge in [-0.1, -0.05) is 52.1 Å². The lowest BCUT2D eigenvalue weighted by Gasteiger charge is -2.40. The van der Waals surface area contributed by atoms with Crippen molar-refractivity contribution in [2.24, 2.45) is 0 Å². The number of benzene rings is 3. The highest BCUT2D eigenvalue weighted by atomic mass is 35.5. The van der Waals surface area contributed by atoms with Gasteiger partial charge in [0, 0.05) is 55.6 Å². The maximum Gasteiger partial charge on any atom is 0.253 e. The van der Waals surface area contributed by atoms with Gasteiger partial charge in [-0.05, 0) is 75.6 Å². The molecule has 0 spiro atoms. The number of anilines is 3. The van der Waals surface area contributed by atoms with Gasteiger partial charge < -0.3 is 15.5 Å². The van der Waals surface area contributed by atoms with Crippen molar-refractivity contribution in [2.75, 3.05) is 37.8 Å². The lowest BCUT2D eigenvalue weighted by atomic mass is 9.98. The highest BCUT2D eigenvalue weighted by molar-refractivity contribution is 6.42. The summed E-state index contributed by atoms with van der Waals surface area (Å²) in [4.78, 5) is 21.4. The van der Waals surface area contributed by atoms with Crippen molar-refractivity contribution in [1.82, 2.24) is 29.8 Å². The number of amides is 1. The van der Waals surface area contributed by atoms with E-state index in [4.69, 9.17) is 34.8 Å². The molecular weight excluding hydrogens is 712 g/mol. The summed E-state index contributed by atoms with van der Waals surface area (Å²) >= 11 is 18.9. The fourth-order valence-electron chi connectivity index (χ4n) is 6.33. The highest BCUT2D eigenvalue weighted by Crippen LogP contribution is 2.39. The second-order valence-electron chi connectivity index (χ2n) is 13.8. The molecule has 1 atom stereocenters. The number of nitrogens with zero attached hydrogens (tertiary/aromatic N) is 7. The minimum absolute atomic E-state index is 0.0214. The van der Waals surface area contributed by atoms with Gasteiger partial charge in [-0.15, -0.1) is 5.10 Å². The Kier molecular flexibility index (Phi) is 10.4. The summed E-state index contributed by atoms with van der Waals surface area (Å²) in [5.41, 5.74) is 3.44. The molecule has 264 valence electrons. The third kappa shape index (κ3) is 7.60.